The van der Waals surface area contributed by atoms with E-state index in [1.165, 1.54) is 0 Å². The van der Waals surface area contributed by atoms with Crippen molar-refractivity contribution < 1.29 is 13.5 Å². The molecule has 0 atom stereocenters. The molecule has 0 fully saturated rings. The summed E-state index contributed by atoms with van der Waals surface area (Å²) in [7, 11) is 1.31. The van der Waals surface area contributed by atoms with Gasteiger partial charge < -0.3 is 5.11 Å². The molecule has 7 heteroatoms. The molecule has 1 heterocycles. The quantitative estimate of drug-likeness (QED) is 0.636. The Bertz CT molecular complexity index is 374. The molecule has 0 aliphatic rings. The normalized spacial score (nSPS) is 9.38. The molecule has 16 heavy (non-hydrogen) atoms. The molecule has 0 saturated carbocycles. The third-order valence-corrected chi connectivity index (χ3v) is 1.35. The molecule has 94 valence electrons. The zero-order valence-electron chi connectivity index (χ0n) is 9.31. The largest absolute Gasteiger partial charge is 0.392 e. The van der Waals surface area contributed by atoms with Gasteiger partial charge >= 0.3 is 0 Å². The van der Waals surface area contributed by atoms with Crippen molar-refractivity contribution in [1.29, 1.82) is 0 Å². The molecular weight excluding hydrogens is 273 g/mol. The summed E-state index contributed by atoms with van der Waals surface area (Å²) < 4.78 is 18.8. The van der Waals surface area contributed by atoms with Crippen LogP contribution in [0.4, 0.5) is 0 Å². The van der Waals surface area contributed by atoms with Gasteiger partial charge in [-0.15, -0.1) is 0 Å². The van der Waals surface area contributed by atoms with E-state index in [9.17, 15) is 8.42 Å². The topological polar surface area (TPSA) is 67.3 Å². The van der Waals surface area contributed by atoms with Gasteiger partial charge in [-0.2, -0.15) is 0 Å². The van der Waals surface area contributed by atoms with E-state index in [0.29, 0.717) is 10.7 Å². The number of aliphatic hydroxyl groups is 1. The Kier molecular flexibility index (Phi) is 11.1. The molecule has 1 rings (SSSR count). The van der Waals surface area contributed by atoms with Crippen molar-refractivity contribution in [1.82, 2.24) is 4.98 Å². The Balaban J connectivity index is 0. The maximum Gasteiger partial charge on any atom is 0.229 e. The van der Waals surface area contributed by atoms with Crippen molar-refractivity contribution in [2.75, 3.05) is 6.26 Å². The van der Waals surface area contributed by atoms with Crippen LogP contribution in [0, 0.1) is 0 Å². The summed E-state index contributed by atoms with van der Waals surface area (Å²) in [5.41, 5.74) is 0.666. The van der Waals surface area contributed by atoms with Crippen molar-refractivity contribution in [3.05, 3.63) is 29.0 Å². The van der Waals surface area contributed by atoms with Gasteiger partial charge in [0.15, 0.2) is 0 Å². The number of rotatable bonds is 1. The second kappa shape index (κ2) is 9.84. The first-order chi connectivity index (χ1) is 7.34. The van der Waals surface area contributed by atoms with Gasteiger partial charge in [0.05, 0.1) is 12.9 Å². The average molecular weight is 288 g/mol. The zero-order valence-corrected chi connectivity index (χ0v) is 11.6. The van der Waals surface area contributed by atoms with Crippen LogP contribution in [-0.2, 0) is 15.7 Å². The highest BCUT2D eigenvalue weighted by molar-refractivity contribution is 8.13. The highest BCUT2D eigenvalue weighted by atomic mass is 35.7. The minimum absolute atomic E-state index is 0.0489. The van der Waals surface area contributed by atoms with Gasteiger partial charge in [-0.25, -0.2) is 13.4 Å². The van der Waals surface area contributed by atoms with E-state index >= 15 is 0 Å². The van der Waals surface area contributed by atoms with Crippen molar-refractivity contribution in [2.24, 2.45) is 0 Å². The highest BCUT2D eigenvalue weighted by Gasteiger charge is 1.94. The van der Waals surface area contributed by atoms with Crippen molar-refractivity contribution >= 4 is 31.3 Å². The first kappa shape index (κ1) is 18.0. The van der Waals surface area contributed by atoms with Crippen LogP contribution in [0.25, 0.3) is 0 Å². The summed E-state index contributed by atoms with van der Waals surface area (Å²) in [6, 6.07) is 3.47. The van der Waals surface area contributed by atoms with Crippen LogP contribution in [0.3, 0.4) is 0 Å². The first-order valence-corrected chi connectivity index (χ1v) is 7.54. The lowest BCUT2D eigenvalue weighted by Gasteiger charge is -1.94. The molecule has 0 amide bonds. The SMILES string of the molecule is CC.CS(=O)(=O)Cl.OCc1cccnc1Cl. The minimum atomic E-state index is -3.19. The number of hydrogen-bond donors (Lipinski definition) is 1. The van der Waals surface area contributed by atoms with Crippen LogP contribution in [0.5, 0.6) is 0 Å². The fourth-order valence-corrected chi connectivity index (χ4v) is 0.716. The number of halogens is 2. The smallest absolute Gasteiger partial charge is 0.229 e. The number of aromatic nitrogens is 1. The van der Waals surface area contributed by atoms with Crippen LogP contribution >= 0.6 is 22.3 Å². The van der Waals surface area contributed by atoms with Crippen molar-refractivity contribution in [3.8, 4) is 0 Å². The number of pyridine rings is 1. The summed E-state index contributed by atoms with van der Waals surface area (Å²) in [5, 5.41) is 8.97. The van der Waals surface area contributed by atoms with Gasteiger partial charge in [-0.1, -0.05) is 31.5 Å². The van der Waals surface area contributed by atoms with E-state index in [2.05, 4.69) is 15.7 Å². The first-order valence-electron chi connectivity index (χ1n) is 4.44. The summed E-state index contributed by atoms with van der Waals surface area (Å²) in [6.07, 6.45) is 2.51. The fourth-order valence-electron chi connectivity index (χ4n) is 0.537. The molecule has 0 spiro atoms. The lowest BCUT2D eigenvalue weighted by Crippen LogP contribution is -1.85. The van der Waals surface area contributed by atoms with Gasteiger partial charge in [0.1, 0.15) is 5.15 Å². The van der Waals surface area contributed by atoms with E-state index in [4.69, 9.17) is 16.7 Å². The van der Waals surface area contributed by atoms with Crippen LogP contribution in [0.2, 0.25) is 5.15 Å². The summed E-state index contributed by atoms with van der Waals surface area (Å²) in [4.78, 5) is 3.76. The van der Waals surface area contributed by atoms with Crippen LogP contribution in [-0.4, -0.2) is 24.8 Å². The van der Waals surface area contributed by atoms with Crippen molar-refractivity contribution in [3.63, 3.8) is 0 Å². The monoisotopic (exact) mass is 287 g/mol. The molecule has 0 saturated heterocycles. The second-order valence-electron chi connectivity index (χ2n) is 2.29. The average Bonchev–Trinajstić information content (AvgIpc) is 2.19. The third kappa shape index (κ3) is 13.6. The molecule has 0 bridgehead atoms. The predicted octanol–water partition coefficient (Wildman–Crippen LogP) is 2.44. The standard InChI is InChI=1S/C6H6ClNO.C2H6.CH3ClO2S/c7-6-5(4-9)2-1-3-8-6;1-2;1-5(2,3)4/h1-3,9H,4H2;1-2H3;1H3. The molecule has 0 aromatic carbocycles. The van der Waals surface area contributed by atoms with Crippen LogP contribution in [0.1, 0.15) is 19.4 Å². The fraction of sp³-hybridized carbons (Fsp3) is 0.444. The van der Waals surface area contributed by atoms with E-state index in [1.54, 1.807) is 18.3 Å². The van der Waals surface area contributed by atoms with E-state index in [0.717, 1.165) is 6.26 Å². The molecule has 0 aliphatic heterocycles. The zero-order chi connectivity index (χ0) is 13.2. The summed E-state index contributed by atoms with van der Waals surface area (Å²) in [5.74, 6) is 0. The van der Waals surface area contributed by atoms with E-state index in [1.807, 2.05) is 13.8 Å². The Labute approximate surface area is 106 Å². The molecule has 1 N–H and O–H groups in total. The van der Waals surface area contributed by atoms with Gasteiger partial charge in [0.2, 0.25) is 9.05 Å². The van der Waals surface area contributed by atoms with Crippen LogP contribution < -0.4 is 0 Å². The molecule has 0 radical (unpaired) electrons. The van der Waals surface area contributed by atoms with Gasteiger partial charge in [0, 0.05) is 22.4 Å². The Morgan fingerprint density at radius 3 is 2.12 bits per heavy atom. The second-order valence-corrected chi connectivity index (χ2v) is 5.70. The molecule has 4 nitrogen and oxygen atoms in total. The number of aliphatic hydroxyl groups excluding tert-OH is 1. The third-order valence-electron chi connectivity index (χ3n) is 1.01. The predicted molar refractivity (Wildman–Crippen MR) is 67.2 cm³/mol. The number of hydrogen-bond acceptors (Lipinski definition) is 4. The van der Waals surface area contributed by atoms with Crippen molar-refractivity contribution in [2.45, 2.75) is 20.5 Å². The van der Waals surface area contributed by atoms with Gasteiger partial charge in [0.25, 0.3) is 0 Å². The Morgan fingerprint density at radius 2 is 1.88 bits per heavy atom. The Morgan fingerprint density at radius 1 is 1.44 bits per heavy atom. The lowest BCUT2D eigenvalue weighted by molar-refractivity contribution is 0.281. The molecule has 1 aromatic rings. The maximum absolute atomic E-state index is 9.40. The molecular formula is C9H15Cl2NO3S. The Hall–Kier alpha value is -0.360. The molecule has 1 aromatic heterocycles. The van der Waals surface area contributed by atoms with E-state index in [-0.39, 0.29) is 6.61 Å². The molecule has 0 aliphatic carbocycles. The van der Waals surface area contributed by atoms with E-state index < -0.39 is 9.05 Å². The minimum Gasteiger partial charge on any atom is -0.392 e. The summed E-state index contributed by atoms with van der Waals surface area (Å²) in [6.45, 7) is 3.95. The lowest BCUT2D eigenvalue weighted by atomic mass is 10.3. The van der Waals surface area contributed by atoms with Gasteiger partial charge in [-0.05, 0) is 6.07 Å². The van der Waals surface area contributed by atoms with Crippen LogP contribution in [0.15, 0.2) is 18.3 Å². The number of nitrogens with zero attached hydrogens (tertiary/aromatic N) is 1. The molecule has 0 unspecified atom stereocenters. The highest BCUT2D eigenvalue weighted by Crippen LogP contribution is 2.09. The van der Waals surface area contributed by atoms with Gasteiger partial charge in [-0.3, -0.25) is 0 Å². The summed E-state index contributed by atoms with van der Waals surface area (Å²) >= 11 is 5.55. The maximum atomic E-state index is 9.40.